The van der Waals surface area contributed by atoms with Crippen LogP contribution in [-0.4, -0.2) is 37.4 Å². The number of carbonyl (C=O) groups excluding carboxylic acids is 1. The molecular formula is C24H32FNO4. The molecule has 0 bridgehead atoms. The van der Waals surface area contributed by atoms with Gasteiger partial charge < -0.3 is 19.9 Å². The van der Waals surface area contributed by atoms with Gasteiger partial charge in [0.1, 0.15) is 29.8 Å². The normalized spacial score (nSPS) is 15.1. The molecule has 0 saturated heterocycles. The van der Waals surface area contributed by atoms with Crippen molar-refractivity contribution >= 4 is 5.97 Å². The Morgan fingerprint density at radius 1 is 1.07 bits per heavy atom. The van der Waals surface area contributed by atoms with Gasteiger partial charge in [-0.05, 0) is 63.9 Å². The summed E-state index contributed by atoms with van der Waals surface area (Å²) in [6, 6.07) is 13.3. The van der Waals surface area contributed by atoms with E-state index in [4.69, 9.17) is 19.9 Å². The number of halogens is 1. The molecule has 5 nitrogen and oxygen atoms in total. The first-order valence-electron chi connectivity index (χ1n) is 10.3. The fourth-order valence-electron chi connectivity index (χ4n) is 3.14. The first kappa shape index (κ1) is 23.8. The summed E-state index contributed by atoms with van der Waals surface area (Å²) in [6.45, 7) is 8.20. The van der Waals surface area contributed by atoms with E-state index in [0.717, 1.165) is 11.1 Å². The summed E-state index contributed by atoms with van der Waals surface area (Å²) in [5, 5.41) is 0. The van der Waals surface area contributed by atoms with Gasteiger partial charge in [-0.1, -0.05) is 29.8 Å². The number of ether oxygens (including phenoxy) is 3. The van der Waals surface area contributed by atoms with Crippen molar-refractivity contribution in [1.29, 1.82) is 0 Å². The number of benzene rings is 2. The molecule has 2 N–H and O–H groups in total. The minimum Gasteiger partial charge on any atom is -0.488 e. The summed E-state index contributed by atoms with van der Waals surface area (Å²) < 4.78 is 30.9. The van der Waals surface area contributed by atoms with Crippen LogP contribution in [0.15, 0.2) is 48.5 Å². The molecule has 0 radical (unpaired) electrons. The second-order valence-electron chi connectivity index (χ2n) is 7.55. The van der Waals surface area contributed by atoms with Gasteiger partial charge in [-0.3, -0.25) is 4.79 Å². The van der Waals surface area contributed by atoms with E-state index in [-0.39, 0.29) is 17.8 Å². The van der Waals surface area contributed by atoms with E-state index < -0.39 is 18.1 Å². The lowest BCUT2D eigenvalue weighted by Crippen LogP contribution is -2.43. The number of hydrogen-bond donors (Lipinski definition) is 1. The first-order chi connectivity index (χ1) is 14.3. The molecule has 0 aliphatic carbocycles. The van der Waals surface area contributed by atoms with Gasteiger partial charge in [0, 0.05) is 12.5 Å². The van der Waals surface area contributed by atoms with E-state index in [1.807, 2.05) is 45.0 Å². The summed E-state index contributed by atoms with van der Waals surface area (Å²) in [6.07, 6.45) is -0.338. The minimum atomic E-state index is -0.720. The van der Waals surface area contributed by atoms with Crippen molar-refractivity contribution in [1.82, 2.24) is 0 Å². The van der Waals surface area contributed by atoms with Crippen molar-refractivity contribution in [3.63, 3.8) is 0 Å². The zero-order chi connectivity index (χ0) is 22.1. The Kier molecular flexibility index (Phi) is 9.27. The summed E-state index contributed by atoms with van der Waals surface area (Å²) in [5.41, 5.74) is 7.72. The number of nitrogens with two attached hydrogens (primary N) is 1. The van der Waals surface area contributed by atoms with E-state index in [0.29, 0.717) is 25.4 Å². The van der Waals surface area contributed by atoms with E-state index >= 15 is 0 Å². The predicted molar refractivity (Wildman–Crippen MR) is 115 cm³/mol. The highest BCUT2D eigenvalue weighted by Gasteiger charge is 2.32. The van der Waals surface area contributed by atoms with Gasteiger partial charge in [0.2, 0.25) is 0 Å². The maximum atomic E-state index is 13.4. The lowest BCUT2D eigenvalue weighted by atomic mass is 9.89. The largest absolute Gasteiger partial charge is 0.488 e. The van der Waals surface area contributed by atoms with Crippen LogP contribution in [0.5, 0.6) is 5.75 Å². The van der Waals surface area contributed by atoms with E-state index in [2.05, 4.69) is 0 Å². The highest BCUT2D eigenvalue weighted by molar-refractivity contribution is 5.75. The van der Waals surface area contributed by atoms with Crippen LogP contribution in [0.3, 0.4) is 0 Å². The van der Waals surface area contributed by atoms with Crippen molar-refractivity contribution in [2.45, 2.75) is 52.4 Å². The van der Waals surface area contributed by atoms with Crippen LogP contribution in [-0.2, 0) is 20.7 Å². The monoisotopic (exact) mass is 417 g/mol. The maximum absolute atomic E-state index is 13.4. The van der Waals surface area contributed by atoms with Crippen LogP contribution in [0, 0.1) is 18.7 Å². The number of rotatable bonds is 11. The van der Waals surface area contributed by atoms with Gasteiger partial charge in [0.15, 0.2) is 0 Å². The van der Waals surface area contributed by atoms with Gasteiger partial charge >= 0.3 is 5.97 Å². The second kappa shape index (κ2) is 11.7. The van der Waals surface area contributed by atoms with Crippen molar-refractivity contribution in [3.05, 3.63) is 65.5 Å². The number of esters is 1. The summed E-state index contributed by atoms with van der Waals surface area (Å²) >= 11 is 0. The summed E-state index contributed by atoms with van der Waals surface area (Å²) in [7, 11) is 0. The second-order valence-corrected chi connectivity index (χ2v) is 7.55. The third-order valence-electron chi connectivity index (χ3n) is 4.93. The van der Waals surface area contributed by atoms with Gasteiger partial charge in [0.05, 0.1) is 6.61 Å². The Balaban J connectivity index is 2.29. The van der Waals surface area contributed by atoms with Crippen LogP contribution in [0.1, 0.15) is 31.9 Å². The third-order valence-corrected chi connectivity index (χ3v) is 4.93. The van der Waals surface area contributed by atoms with Gasteiger partial charge in [-0.2, -0.15) is 0 Å². The molecule has 0 fully saturated rings. The Morgan fingerprint density at radius 3 is 2.27 bits per heavy atom. The molecule has 2 rings (SSSR count). The van der Waals surface area contributed by atoms with E-state index in [1.54, 1.807) is 19.1 Å². The first-order valence-corrected chi connectivity index (χ1v) is 10.3. The SMILES string of the molecule is CCOC[C@H](Oc1ccc(C)cc1)[C@@H](Cc1ccc(F)cc1)[C@H](C)OC(=O)[C@H](C)N. The lowest BCUT2D eigenvalue weighted by molar-refractivity contribution is -0.154. The molecule has 0 aliphatic heterocycles. The average molecular weight is 418 g/mol. The highest BCUT2D eigenvalue weighted by Crippen LogP contribution is 2.25. The van der Waals surface area contributed by atoms with Crippen molar-refractivity contribution in [2.24, 2.45) is 11.7 Å². The minimum absolute atomic E-state index is 0.231. The molecule has 0 spiro atoms. The zero-order valence-corrected chi connectivity index (χ0v) is 18.1. The number of carbonyl (C=O) groups is 1. The van der Waals surface area contributed by atoms with Crippen LogP contribution in [0.25, 0.3) is 0 Å². The molecule has 0 aliphatic rings. The Bertz CT molecular complexity index is 777. The van der Waals surface area contributed by atoms with Crippen molar-refractivity contribution < 1.29 is 23.4 Å². The molecule has 30 heavy (non-hydrogen) atoms. The van der Waals surface area contributed by atoms with Gasteiger partial charge in [-0.15, -0.1) is 0 Å². The van der Waals surface area contributed by atoms with Gasteiger partial charge in [0.25, 0.3) is 0 Å². The fraction of sp³-hybridized carbons (Fsp3) is 0.458. The molecule has 0 amide bonds. The van der Waals surface area contributed by atoms with Crippen molar-refractivity contribution in [2.75, 3.05) is 13.2 Å². The third kappa shape index (κ3) is 7.43. The molecule has 6 heteroatoms. The number of hydrogen-bond acceptors (Lipinski definition) is 5. The molecule has 0 saturated carbocycles. The highest BCUT2D eigenvalue weighted by atomic mass is 19.1. The molecule has 4 atom stereocenters. The van der Waals surface area contributed by atoms with Gasteiger partial charge in [-0.25, -0.2) is 4.39 Å². The molecular weight excluding hydrogens is 385 g/mol. The fourth-order valence-corrected chi connectivity index (χ4v) is 3.14. The summed E-state index contributed by atoms with van der Waals surface area (Å²) in [5.74, 6) is -0.295. The molecule has 0 unspecified atom stereocenters. The Morgan fingerprint density at radius 2 is 1.70 bits per heavy atom. The van der Waals surface area contributed by atoms with Crippen LogP contribution in [0.2, 0.25) is 0 Å². The lowest BCUT2D eigenvalue weighted by Gasteiger charge is -2.32. The quantitative estimate of drug-likeness (QED) is 0.559. The topological polar surface area (TPSA) is 70.8 Å². The molecule has 164 valence electrons. The molecule has 2 aromatic carbocycles. The van der Waals surface area contributed by atoms with Crippen LogP contribution >= 0.6 is 0 Å². The van der Waals surface area contributed by atoms with E-state index in [9.17, 15) is 9.18 Å². The van der Waals surface area contributed by atoms with Crippen LogP contribution < -0.4 is 10.5 Å². The Labute approximate surface area is 178 Å². The smallest absolute Gasteiger partial charge is 0.322 e. The predicted octanol–water partition coefficient (Wildman–Crippen LogP) is 4.06. The molecule has 2 aromatic rings. The zero-order valence-electron chi connectivity index (χ0n) is 18.1. The standard InChI is InChI=1S/C24H32FNO4/c1-5-28-15-23(30-21-12-6-16(2)7-13-21)22(18(4)29-24(27)17(3)26)14-19-8-10-20(25)11-9-19/h6-13,17-18,22-23H,5,14-15,26H2,1-4H3/t17-,18-,22-,23-/m0/s1. The van der Waals surface area contributed by atoms with Crippen LogP contribution in [0.4, 0.5) is 4.39 Å². The average Bonchev–Trinajstić information content (AvgIpc) is 2.72. The molecule has 0 heterocycles. The summed E-state index contributed by atoms with van der Waals surface area (Å²) in [4.78, 5) is 12.1. The molecule has 0 aromatic heterocycles. The number of aryl methyl sites for hydroxylation is 1. The van der Waals surface area contributed by atoms with E-state index in [1.165, 1.54) is 12.1 Å². The van der Waals surface area contributed by atoms with Crippen molar-refractivity contribution in [3.8, 4) is 5.75 Å². The Hall–Kier alpha value is -2.44. The maximum Gasteiger partial charge on any atom is 0.322 e.